The second kappa shape index (κ2) is 6.46. The van der Waals surface area contributed by atoms with Crippen molar-refractivity contribution < 1.29 is 9.59 Å². The van der Waals surface area contributed by atoms with Gasteiger partial charge < -0.3 is 16.0 Å². The predicted molar refractivity (Wildman–Crippen MR) is 71.9 cm³/mol. The number of halogens is 1. The van der Waals surface area contributed by atoms with Crippen LogP contribution in [0.4, 0.5) is 5.82 Å². The van der Waals surface area contributed by atoms with Gasteiger partial charge in [-0.3, -0.25) is 9.59 Å². The number of hydrogen-bond acceptors (Lipinski definition) is 4. The van der Waals surface area contributed by atoms with Crippen LogP contribution in [0.2, 0.25) is 0 Å². The third-order valence-electron chi connectivity index (χ3n) is 2.14. The van der Waals surface area contributed by atoms with Crippen molar-refractivity contribution in [1.29, 1.82) is 0 Å². The fraction of sp³-hybridized carbons (Fsp3) is 0.364. The maximum atomic E-state index is 11.6. The molecule has 1 aromatic rings. The number of aromatic nitrogens is 1. The van der Waals surface area contributed by atoms with E-state index in [1.165, 1.54) is 11.9 Å². The minimum Gasteiger partial charge on any atom is -0.335 e. The van der Waals surface area contributed by atoms with Gasteiger partial charge in [-0.1, -0.05) is 0 Å². The molecular formula is C11H15BrN4O2. The average molecular weight is 315 g/mol. The van der Waals surface area contributed by atoms with Crippen LogP contribution in [0.1, 0.15) is 6.92 Å². The number of nitrogens with one attached hydrogen (secondary N) is 1. The lowest BCUT2D eigenvalue weighted by Gasteiger charge is -2.18. The van der Waals surface area contributed by atoms with Gasteiger partial charge >= 0.3 is 0 Å². The molecule has 1 atom stereocenters. The number of likely N-dealkylation sites (N-methyl/N-ethyl adjacent to an activating group) is 1. The molecule has 0 aliphatic rings. The largest absolute Gasteiger partial charge is 0.335 e. The van der Waals surface area contributed by atoms with E-state index in [1.54, 1.807) is 25.3 Å². The summed E-state index contributed by atoms with van der Waals surface area (Å²) in [6.45, 7) is 1.52. The first-order valence-corrected chi connectivity index (χ1v) is 6.11. The molecule has 98 valence electrons. The molecule has 0 saturated heterocycles. The van der Waals surface area contributed by atoms with E-state index in [-0.39, 0.29) is 18.4 Å². The molecule has 0 aliphatic carbocycles. The number of carbonyl (C=O) groups excluding carboxylic acids is 2. The molecule has 1 heterocycles. The zero-order chi connectivity index (χ0) is 13.7. The Kier molecular flexibility index (Phi) is 5.24. The second-order valence-corrected chi connectivity index (χ2v) is 4.81. The fourth-order valence-electron chi connectivity index (χ4n) is 1.27. The molecule has 18 heavy (non-hydrogen) atoms. The van der Waals surface area contributed by atoms with Gasteiger partial charge in [-0.25, -0.2) is 4.98 Å². The average Bonchev–Trinajstić information content (AvgIpc) is 2.30. The van der Waals surface area contributed by atoms with Crippen molar-refractivity contribution in [3.05, 3.63) is 22.8 Å². The predicted octanol–water partition coefficient (Wildman–Crippen LogP) is 0.588. The number of amides is 2. The van der Waals surface area contributed by atoms with Crippen molar-refractivity contribution in [3.8, 4) is 0 Å². The number of pyridine rings is 1. The van der Waals surface area contributed by atoms with Gasteiger partial charge in [0.2, 0.25) is 11.8 Å². The monoisotopic (exact) mass is 314 g/mol. The van der Waals surface area contributed by atoms with Gasteiger partial charge in [0.25, 0.3) is 0 Å². The lowest BCUT2D eigenvalue weighted by atomic mass is 10.3. The lowest BCUT2D eigenvalue weighted by molar-refractivity contribution is -0.134. The molecule has 0 radical (unpaired) electrons. The standard InChI is InChI=1S/C11H15BrN4O2/c1-7(13)11(18)16(2)6-10(17)15-9-4-3-8(12)5-14-9/h3-5,7H,6,13H2,1-2H3,(H,14,15,17)/t7-/m1/s1. The molecule has 0 saturated carbocycles. The molecule has 3 N–H and O–H groups in total. The summed E-state index contributed by atoms with van der Waals surface area (Å²) in [6, 6.07) is 2.81. The first-order valence-electron chi connectivity index (χ1n) is 5.32. The SMILES string of the molecule is C[C@@H](N)C(=O)N(C)CC(=O)Nc1ccc(Br)cn1. The van der Waals surface area contributed by atoms with Gasteiger partial charge in [-0.05, 0) is 35.0 Å². The highest BCUT2D eigenvalue weighted by molar-refractivity contribution is 9.10. The topological polar surface area (TPSA) is 88.3 Å². The summed E-state index contributed by atoms with van der Waals surface area (Å²) in [7, 11) is 1.53. The van der Waals surface area contributed by atoms with Crippen LogP contribution in [0, 0.1) is 0 Å². The van der Waals surface area contributed by atoms with Crippen molar-refractivity contribution in [3.63, 3.8) is 0 Å². The van der Waals surface area contributed by atoms with Gasteiger partial charge in [-0.15, -0.1) is 0 Å². The Morgan fingerprint density at radius 3 is 2.72 bits per heavy atom. The first-order chi connectivity index (χ1) is 8.40. The minimum atomic E-state index is -0.617. The molecular weight excluding hydrogens is 300 g/mol. The van der Waals surface area contributed by atoms with Crippen molar-refractivity contribution in [2.75, 3.05) is 18.9 Å². The van der Waals surface area contributed by atoms with Crippen molar-refractivity contribution in [1.82, 2.24) is 9.88 Å². The minimum absolute atomic E-state index is 0.0574. The molecule has 0 spiro atoms. The summed E-state index contributed by atoms with van der Waals surface area (Å²) < 4.78 is 0.824. The lowest BCUT2D eigenvalue weighted by Crippen LogP contribution is -2.43. The summed E-state index contributed by atoms with van der Waals surface area (Å²) >= 11 is 3.24. The number of rotatable bonds is 4. The van der Waals surface area contributed by atoms with E-state index in [0.29, 0.717) is 5.82 Å². The number of carbonyl (C=O) groups is 2. The van der Waals surface area contributed by atoms with Crippen LogP contribution < -0.4 is 11.1 Å². The van der Waals surface area contributed by atoms with E-state index in [4.69, 9.17) is 5.73 Å². The maximum Gasteiger partial charge on any atom is 0.245 e. The fourth-order valence-corrected chi connectivity index (χ4v) is 1.51. The molecule has 0 aliphatic heterocycles. The summed E-state index contributed by atoms with van der Waals surface area (Å²) in [4.78, 5) is 28.4. The number of nitrogens with two attached hydrogens (primary N) is 1. The summed E-state index contributed by atoms with van der Waals surface area (Å²) in [5, 5.41) is 2.59. The third-order valence-corrected chi connectivity index (χ3v) is 2.61. The molecule has 2 amide bonds. The zero-order valence-corrected chi connectivity index (χ0v) is 11.8. The third kappa shape index (κ3) is 4.42. The van der Waals surface area contributed by atoms with Crippen molar-refractivity contribution >= 4 is 33.6 Å². The molecule has 0 aromatic carbocycles. The van der Waals surface area contributed by atoms with Crippen LogP contribution in [-0.4, -0.2) is 41.3 Å². The van der Waals surface area contributed by atoms with E-state index >= 15 is 0 Å². The smallest absolute Gasteiger partial charge is 0.245 e. The summed E-state index contributed by atoms with van der Waals surface area (Å²) in [6.07, 6.45) is 1.58. The number of nitrogens with zero attached hydrogens (tertiary/aromatic N) is 2. The van der Waals surface area contributed by atoms with E-state index in [9.17, 15) is 9.59 Å². The highest BCUT2D eigenvalue weighted by Crippen LogP contribution is 2.10. The molecule has 1 aromatic heterocycles. The Morgan fingerprint density at radius 1 is 1.56 bits per heavy atom. The van der Waals surface area contributed by atoms with Crippen molar-refractivity contribution in [2.45, 2.75) is 13.0 Å². The number of hydrogen-bond donors (Lipinski definition) is 2. The van der Waals surface area contributed by atoms with Crippen LogP contribution in [0.15, 0.2) is 22.8 Å². The second-order valence-electron chi connectivity index (χ2n) is 3.89. The molecule has 7 heteroatoms. The van der Waals surface area contributed by atoms with E-state index in [2.05, 4.69) is 26.2 Å². The highest BCUT2D eigenvalue weighted by atomic mass is 79.9. The Labute approximate surface area is 114 Å². The Bertz CT molecular complexity index is 433. The Balaban J connectivity index is 2.51. The zero-order valence-electron chi connectivity index (χ0n) is 10.2. The molecule has 0 unspecified atom stereocenters. The van der Waals surface area contributed by atoms with Gasteiger partial charge in [0.05, 0.1) is 12.6 Å². The van der Waals surface area contributed by atoms with Gasteiger partial charge in [0.1, 0.15) is 5.82 Å². The quantitative estimate of drug-likeness (QED) is 0.851. The molecule has 6 nitrogen and oxygen atoms in total. The van der Waals surface area contributed by atoms with E-state index in [0.717, 1.165) is 4.47 Å². The van der Waals surface area contributed by atoms with Crippen molar-refractivity contribution in [2.24, 2.45) is 5.73 Å². The normalized spacial score (nSPS) is 11.8. The molecule has 0 fully saturated rings. The molecule has 1 rings (SSSR count). The van der Waals surface area contributed by atoms with Crippen LogP contribution in [0.25, 0.3) is 0 Å². The molecule has 0 bridgehead atoms. The van der Waals surface area contributed by atoms with Gasteiger partial charge in [-0.2, -0.15) is 0 Å². The highest BCUT2D eigenvalue weighted by Gasteiger charge is 2.16. The Morgan fingerprint density at radius 2 is 2.22 bits per heavy atom. The van der Waals surface area contributed by atoms with E-state index in [1.807, 2.05) is 0 Å². The Hall–Kier alpha value is -1.47. The summed E-state index contributed by atoms with van der Waals surface area (Å²) in [5.41, 5.74) is 5.44. The van der Waals surface area contributed by atoms with Crippen LogP contribution in [0.3, 0.4) is 0 Å². The van der Waals surface area contributed by atoms with Gasteiger partial charge in [0, 0.05) is 17.7 Å². The maximum absolute atomic E-state index is 11.6. The van der Waals surface area contributed by atoms with Crippen LogP contribution >= 0.6 is 15.9 Å². The van der Waals surface area contributed by atoms with E-state index < -0.39 is 6.04 Å². The first kappa shape index (κ1) is 14.6. The number of anilines is 1. The summed E-state index contributed by atoms with van der Waals surface area (Å²) in [5.74, 6) is -0.167. The van der Waals surface area contributed by atoms with Gasteiger partial charge in [0.15, 0.2) is 0 Å². The van der Waals surface area contributed by atoms with Crippen LogP contribution in [-0.2, 0) is 9.59 Å². The van der Waals surface area contributed by atoms with Crippen LogP contribution in [0.5, 0.6) is 0 Å².